The summed E-state index contributed by atoms with van der Waals surface area (Å²) in [7, 11) is 1.72. The molecule has 3 nitrogen and oxygen atoms in total. The fourth-order valence-corrected chi connectivity index (χ4v) is 2.06. The average Bonchev–Trinajstić information content (AvgIpc) is 2.26. The summed E-state index contributed by atoms with van der Waals surface area (Å²) in [6.07, 6.45) is 0.983. The Balaban J connectivity index is 3.37. The number of hydrogen-bond acceptors (Lipinski definition) is 3. The van der Waals surface area contributed by atoms with Crippen molar-refractivity contribution in [3.05, 3.63) is 0 Å². The Morgan fingerprint density at radius 3 is 2.12 bits per heavy atom. The number of methoxy groups -OCH3 is 1. The third-order valence-corrected chi connectivity index (χ3v) is 3.15. The molecule has 0 spiro atoms. The second kappa shape index (κ2) is 11.0. The predicted octanol–water partition coefficient (Wildman–Crippen LogP) is 2.56. The molecule has 0 rings (SSSR count). The monoisotopic (exact) mass is 245 g/mol. The van der Waals surface area contributed by atoms with Gasteiger partial charge < -0.3 is 14.8 Å². The summed E-state index contributed by atoms with van der Waals surface area (Å²) in [6, 6.07) is 0. The number of nitrogens with one attached hydrogen (secondary N) is 1. The van der Waals surface area contributed by atoms with Gasteiger partial charge in [-0.3, -0.25) is 0 Å². The third kappa shape index (κ3) is 9.57. The van der Waals surface area contributed by atoms with E-state index in [0.29, 0.717) is 0 Å². The molecule has 0 bridgehead atoms. The quantitative estimate of drug-likeness (QED) is 0.568. The standard InChI is InChI=1S/C14H31NO2/c1-12(2)14(13(3)4)11-15-7-10-17-9-6-8-16-5/h12-15H,6-11H2,1-5H3. The van der Waals surface area contributed by atoms with Crippen molar-refractivity contribution in [2.24, 2.45) is 17.8 Å². The molecule has 1 N–H and O–H groups in total. The molecule has 0 unspecified atom stereocenters. The van der Waals surface area contributed by atoms with E-state index in [0.717, 1.165) is 57.1 Å². The minimum Gasteiger partial charge on any atom is -0.385 e. The second-order valence-electron chi connectivity index (χ2n) is 5.31. The minimum atomic E-state index is 0.741. The molecular weight excluding hydrogens is 214 g/mol. The van der Waals surface area contributed by atoms with Crippen LogP contribution in [0.5, 0.6) is 0 Å². The predicted molar refractivity (Wildman–Crippen MR) is 73.3 cm³/mol. The first-order valence-corrected chi connectivity index (χ1v) is 6.87. The topological polar surface area (TPSA) is 30.5 Å². The zero-order valence-corrected chi connectivity index (χ0v) is 12.3. The Hall–Kier alpha value is -0.120. The van der Waals surface area contributed by atoms with Gasteiger partial charge in [-0.1, -0.05) is 27.7 Å². The first kappa shape index (κ1) is 16.9. The summed E-state index contributed by atoms with van der Waals surface area (Å²) in [5, 5.41) is 3.48. The Labute approximate surface area is 107 Å². The van der Waals surface area contributed by atoms with Gasteiger partial charge in [0.15, 0.2) is 0 Å². The zero-order valence-electron chi connectivity index (χ0n) is 12.3. The van der Waals surface area contributed by atoms with E-state index in [-0.39, 0.29) is 0 Å². The molecule has 0 aliphatic carbocycles. The molecule has 17 heavy (non-hydrogen) atoms. The first-order chi connectivity index (χ1) is 8.09. The molecule has 0 saturated heterocycles. The van der Waals surface area contributed by atoms with Gasteiger partial charge in [0.05, 0.1) is 6.61 Å². The maximum atomic E-state index is 5.50. The van der Waals surface area contributed by atoms with Crippen molar-refractivity contribution in [3.63, 3.8) is 0 Å². The van der Waals surface area contributed by atoms with Crippen LogP contribution in [0.15, 0.2) is 0 Å². The molecule has 0 aromatic rings. The van der Waals surface area contributed by atoms with Crippen LogP contribution in [0.2, 0.25) is 0 Å². The number of hydrogen-bond donors (Lipinski definition) is 1. The van der Waals surface area contributed by atoms with Crippen molar-refractivity contribution in [2.75, 3.05) is 40.0 Å². The molecule has 0 atom stereocenters. The summed E-state index contributed by atoms with van der Waals surface area (Å²) in [5.41, 5.74) is 0. The highest BCUT2D eigenvalue weighted by molar-refractivity contribution is 4.69. The van der Waals surface area contributed by atoms with Crippen LogP contribution in [0, 0.1) is 17.8 Å². The van der Waals surface area contributed by atoms with Crippen molar-refractivity contribution >= 4 is 0 Å². The highest BCUT2D eigenvalue weighted by Gasteiger charge is 2.16. The van der Waals surface area contributed by atoms with Gasteiger partial charge in [-0.2, -0.15) is 0 Å². The summed E-state index contributed by atoms with van der Waals surface area (Å²) >= 11 is 0. The molecule has 0 aliphatic rings. The van der Waals surface area contributed by atoms with Gasteiger partial charge in [0.25, 0.3) is 0 Å². The maximum absolute atomic E-state index is 5.50. The van der Waals surface area contributed by atoms with Gasteiger partial charge in [-0.05, 0) is 30.7 Å². The SMILES string of the molecule is COCCCOCCNCC(C(C)C)C(C)C. The van der Waals surface area contributed by atoms with Gasteiger partial charge in [0, 0.05) is 26.9 Å². The van der Waals surface area contributed by atoms with E-state index in [1.54, 1.807) is 7.11 Å². The molecule has 0 aromatic heterocycles. The van der Waals surface area contributed by atoms with Crippen LogP contribution < -0.4 is 5.32 Å². The van der Waals surface area contributed by atoms with E-state index in [2.05, 4.69) is 33.0 Å². The van der Waals surface area contributed by atoms with Crippen LogP contribution in [-0.2, 0) is 9.47 Å². The highest BCUT2D eigenvalue weighted by Crippen LogP contribution is 2.19. The van der Waals surface area contributed by atoms with E-state index in [4.69, 9.17) is 9.47 Å². The van der Waals surface area contributed by atoms with Crippen molar-refractivity contribution in [1.29, 1.82) is 0 Å². The van der Waals surface area contributed by atoms with Crippen molar-refractivity contribution in [2.45, 2.75) is 34.1 Å². The van der Waals surface area contributed by atoms with Crippen molar-refractivity contribution in [3.8, 4) is 0 Å². The lowest BCUT2D eigenvalue weighted by Crippen LogP contribution is -2.31. The van der Waals surface area contributed by atoms with Gasteiger partial charge in [-0.25, -0.2) is 0 Å². The molecular formula is C14H31NO2. The molecule has 0 aliphatic heterocycles. The van der Waals surface area contributed by atoms with Crippen LogP contribution >= 0.6 is 0 Å². The van der Waals surface area contributed by atoms with E-state index >= 15 is 0 Å². The first-order valence-electron chi connectivity index (χ1n) is 6.87. The van der Waals surface area contributed by atoms with Crippen LogP contribution in [0.25, 0.3) is 0 Å². The van der Waals surface area contributed by atoms with E-state index in [1.807, 2.05) is 0 Å². The summed E-state index contributed by atoms with van der Waals surface area (Å²) in [4.78, 5) is 0. The molecule has 0 radical (unpaired) electrons. The van der Waals surface area contributed by atoms with Gasteiger partial charge in [0.2, 0.25) is 0 Å². The normalized spacial score (nSPS) is 12.0. The maximum Gasteiger partial charge on any atom is 0.0590 e. The van der Waals surface area contributed by atoms with Crippen LogP contribution in [-0.4, -0.2) is 40.0 Å². The van der Waals surface area contributed by atoms with Gasteiger partial charge >= 0.3 is 0 Å². The molecule has 3 heteroatoms. The summed E-state index contributed by atoms with van der Waals surface area (Å²) in [6.45, 7) is 13.6. The fourth-order valence-electron chi connectivity index (χ4n) is 2.06. The molecule has 0 aromatic carbocycles. The highest BCUT2D eigenvalue weighted by atomic mass is 16.5. The van der Waals surface area contributed by atoms with Crippen molar-refractivity contribution in [1.82, 2.24) is 5.32 Å². The van der Waals surface area contributed by atoms with E-state index in [9.17, 15) is 0 Å². The second-order valence-corrected chi connectivity index (χ2v) is 5.31. The van der Waals surface area contributed by atoms with E-state index < -0.39 is 0 Å². The van der Waals surface area contributed by atoms with Gasteiger partial charge in [-0.15, -0.1) is 0 Å². The molecule has 104 valence electrons. The summed E-state index contributed by atoms with van der Waals surface area (Å²) < 4.78 is 10.5. The molecule has 0 saturated carbocycles. The third-order valence-electron chi connectivity index (χ3n) is 3.15. The Morgan fingerprint density at radius 2 is 1.59 bits per heavy atom. The van der Waals surface area contributed by atoms with Crippen LogP contribution in [0.4, 0.5) is 0 Å². The Kier molecular flexibility index (Phi) is 10.9. The van der Waals surface area contributed by atoms with Crippen molar-refractivity contribution < 1.29 is 9.47 Å². The lowest BCUT2D eigenvalue weighted by molar-refractivity contribution is 0.103. The lowest BCUT2D eigenvalue weighted by atomic mass is 9.85. The lowest BCUT2D eigenvalue weighted by Gasteiger charge is -2.25. The number of rotatable bonds is 11. The fraction of sp³-hybridized carbons (Fsp3) is 1.00. The molecule has 0 fully saturated rings. The van der Waals surface area contributed by atoms with Crippen LogP contribution in [0.3, 0.4) is 0 Å². The van der Waals surface area contributed by atoms with E-state index in [1.165, 1.54) is 0 Å². The van der Waals surface area contributed by atoms with Crippen LogP contribution in [0.1, 0.15) is 34.1 Å². The molecule has 0 amide bonds. The number of ether oxygens (including phenoxy) is 2. The smallest absolute Gasteiger partial charge is 0.0590 e. The zero-order chi connectivity index (χ0) is 13.1. The Morgan fingerprint density at radius 1 is 0.941 bits per heavy atom. The Bertz CT molecular complexity index is 152. The average molecular weight is 245 g/mol. The largest absolute Gasteiger partial charge is 0.385 e. The van der Waals surface area contributed by atoms with Gasteiger partial charge in [0.1, 0.15) is 0 Å². The summed E-state index contributed by atoms with van der Waals surface area (Å²) in [5.74, 6) is 2.23. The molecule has 0 heterocycles. The minimum absolute atomic E-state index is 0.741.